The molecule has 0 aromatic rings. The molecule has 53 heavy (non-hydrogen) atoms. The van der Waals surface area contributed by atoms with E-state index in [4.69, 9.17) is 19.1 Å². The molecule has 0 radical (unpaired) electrons. The lowest BCUT2D eigenvalue weighted by Crippen LogP contribution is -2.29. The molecule has 0 aliphatic carbocycles. The molecule has 10 nitrogen and oxygen atoms in total. The van der Waals surface area contributed by atoms with E-state index in [1.807, 2.05) is 12.2 Å². The summed E-state index contributed by atoms with van der Waals surface area (Å²) in [7, 11) is -4.64. The van der Waals surface area contributed by atoms with Crippen LogP contribution < -0.4 is 0 Å². The van der Waals surface area contributed by atoms with Crippen molar-refractivity contribution in [3.63, 3.8) is 0 Å². The summed E-state index contributed by atoms with van der Waals surface area (Å²) in [4.78, 5) is 34.8. The van der Waals surface area contributed by atoms with Crippen molar-refractivity contribution >= 4 is 19.8 Å². The van der Waals surface area contributed by atoms with Gasteiger partial charge in [0.05, 0.1) is 19.8 Å². The molecule has 3 atom stereocenters. The van der Waals surface area contributed by atoms with Gasteiger partial charge in [0.2, 0.25) is 0 Å². The van der Waals surface area contributed by atoms with Crippen LogP contribution in [0.3, 0.4) is 0 Å². The van der Waals surface area contributed by atoms with Crippen molar-refractivity contribution < 1.29 is 47.8 Å². The summed E-state index contributed by atoms with van der Waals surface area (Å²) >= 11 is 0. The third-order valence-corrected chi connectivity index (χ3v) is 9.83. The summed E-state index contributed by atoms with van der Waals surface area (Å²) < 4.78 is 32.4. The average molecular weight is 773 g/mol. The van der Waals surface area contributed by atoms with Gasteiger partial charge in [0.1, 0.15) is 12.7 Å². The van der Waals surface area contributed by atoms with Crippen LogP contribution in [0, 0.1) is 0 Å². The third kappa shape index (κ3) is 38.3. The molecule has 0 aliphatic heterocycles. The molecule has 11 heteroatoms. The molecule has 0 heterocycles. The molecule has 0 amide bonds. The second kappa shape index (κ2) is 38.5. The maximum Gasteiger partial charge on any atom is 0.472 e. The lowest BCUT2D eigenvalue weighted by molar-refractivity contribution is -0.159. The van der Waals surface area contributed by atoms with E-state index in [-0.39, 0.29) is 6.42 Å². The number of rotatable bonds is 39. The SMILES string of the molecule is CCCCCCCCCCCCC/C=C/C=C/C(=O)OC[C@H](COP(=O)(O)OC[C@@H](O)CO)OC(=O)CC/C=C/CCCCCCCCCCCCC. The number of carbonyl (C=O) groups excluding carboxylic acids is 2. The van der Waals surface area contributed by atoms with Gasteiger partial charge in [0, 0.05) is 12.5 Å². The molecule has 0 aromatic heterocycles. The average Bonchev–Trinajstić information content (AvgIpc) is 3.14. The van der Waals surface area contributed by atoms with Gasteiger partial charge < -0.3 is 24.6 Å². The van der Waals surface area contributed by atoms with Crippen molar-refractivity contribution in [1.82, 2.24) is 0 Å². The molecule has 0 bridgehead atoms. The van der Waals surface area contributed by atoms with Gasteiger partial charge in [-0.2, -0.15) is 0 Å². The van der Waals surface area contributed by atoms with E-state index in [9.17, 15) is 24.2 Å². The second-order valence-corrected chi connectivity index (χ2v) is 15.5. The molecule has 0 fully saturated rings. The quantitative estimate of drug-likeness (QED) is 0.0138. The first-order valence-corrected chi connectivity index (χ1v) is 22.5. The minimum Gasteiger partial charge on any atom is -0.458 e. The number of phosphoric acid groups is 1. The topological polar surface area (TPSA) is 149 Å². The minimum absolute atomic E-state index is 0.0823. The van der Waals surface area contributed by atoms with Crippen molar-refractivity contribution in [3.05, 3.63) is 36.5 Å². The van der Waals surface area contributed by atoms with Gasteiger partial charge in [-0.1, -0.05) is 173 Å². The van der Waals surface area contributed by atoms with Crippen LogP contribution in [0.4, 0.5) is 0 Å². The maximum atomic E-state index is 12.5. The van der Waals surface area contributed by atoms with Crippen LogP contribution in [0.5, 0.6) is 0 Å². The number of hydrogen-bond acceptors (Lipinski definition) is 9. The van der Waals surface area contributed by atoms with Crippen molar-refractivity contribution in [2.24, 2.45) is 0 Å². The van der Waals surface area contributed by atoms with Gasteiger partial charge in [-0.3, -0.25) is 13.8 Å². The number of phosphoric ester groups is 1. The number of aliphatic hydroxyl groups excluding tert-OH is 2. The highest BCUT2D eigenvalue weighted by molar-refractivity contribution is 7.47. The highest BCUT2D eigenvalue weighted by Crippen LogP contribution is 2.43. The Balaban J connectivity index is 4.45. The van der Waals surface area contributed by atoms with Gasteiger partial charge in [0.25, 0.3) is 0 Å². The zero-order valence-corrected chi connectivity index (χ0v) is 34.4. The predicted octanol–water partition coefficient (Wildman–Crippen LogP) is 10.8. The summed E-state index contributed by atoms with van der Waals surface area (Å²) in [5, 5.41) is 18.3. The van der Waals surface area contributed by atoms with Crippen LogP contribution in [0.1, 0.15) is 181 Å². The van der Waals surface area contributed by atoms with Crippen LogP contribution in [0.15, 0.2) is 36.5 Å². The molecule has 1 unspecified atom stereocenters. The summed E-state index contributed by atoms with van der Waals surface area (Å²) in [6.45, 7) is 2.21. The van der Waals surface area contributed by atoms with Crippen LogP contribution in [-0.4, -0.2) is 65.7 Å². The molecule has 0 spiro atoms. The van der Waals surface area contributed by atoms with E-state index in [0.717, 1.165) is 25.7 Å². The normalized spacial score (nSPS) is 14.3. The number of hydrogen-bond donors (Lipinski definition) is 3. The van der Waals surface area contributed by atoms with Crippen LogP contribution >= 0.6 is 7.82 Å². The lowest BCUT2D eigenvalue weighted by Gasteiger charge is -2.20. The third-order valence-electron chi connectivity index (χ3n) is 8.88. The Morgan fingerprint density at radius 3 is 1.57 bits per heavy atom. The van der Waals surface area contributed by atoms with Gasteiger partial charge in [0.15, 0.2) is 6.10 Å². The van der Waals surface area contributed by atoms with Crippen LogP contribution in [0.25, 0.3) is 0 Å². The van der Waals surface area contributed by atoms with E-state index in [2.05, 4.69) is 24.4 Å². The Morgan fingerprint density at radius 2 is 1.06 bits per heavy atom. The van der Waals surface area contributed by atoms with E-state index >= 15 is 0 Å². The molecular weight excluding hydrogens is 695 g/mol. The molecule has 0 saturated heterocycles. The van der Waals surface area contributed by atoms with Gasteiger partial charge in [-0.05, 0) is 32.1 Å². The molecule has 3 N–H and O–H groups in total. The first-order valence-electron chi connectivity index (χ1n) is 21.0. The molecular formula is C42H77O10P. The standard InChI is InChI=1S/C42H77O10P/c1-3-5-7-9-11-13-15-17-19-21-23-25-27-29-31-33-41(45)49-37-40(38-51-53(47,48)50-36-39(44)35-43)52-42(46)34-32-30-28-26-24-22-20-18-16-14-12-10-8-6-4-2/h27-31,33,39-40,43-44H,3-26,32,34-38H2,1-2H3,(H,47,48)/b29-27+,30-28+,33-31+/t39-,40+/m0/s1. The van der Waals surface area contributed by atoms with Crippen LogP contribution in [0.2, 0.25) is 0 Å². The molecule has 0 rings (SSSR count). The fraction of sp³-hybridized carbons (Fsp3) is 0.810. The Bertz CT molecular complexity index is 983. The van der Waals surface area contributed by atoms with Crippen LogP contribution in [-0.2, 0) is 32.7 Å². The fourth-order valence-corrected chi connectivity index (χ4v) is 6.42. The smallest absolute Gasteiger partial charge is 0.458 e. The summed E-state index contributed by atoms with van der Waals surface area (Å²) in [5.74, 6) is -1.23. The Labute approximate surface area is 322 Å². The minimum atomic E-state index is -4.64. The highest BCUT2D eigenvalue weighted by atomic mass is 31.2. The fourth-order valence-electron chi connectivity index (χ4n) is 5.63. The van der Waals surface area contributed by atoms with E-state index < -0.39 is 58.4 Å². The Kier molecular flexibility index (Phi) is 37.2. The van der Waals surface area contributed by atoms with E-state index in [0.29, 0.717) is 6.42 Å². The zero-order chi connectivity index (χ0) is 39.1. The van der Waals surface area contributed by atoms with Crippen molar-refractivity contribution in [2.75, 3.05) is 26.4 Å². The van der Waals surface area contributed by atoms with Crippen molar-refractivity contribution in [1.29, 1.82) is 0 Å². The molecule has 0 saturated carbocycles. The van der Waals surface area contributed by atoms with Gasteiger partial charge in [-0.15, -0.1) is 0 Å². The number of esters is 2. The van der Waals surface area contributed by atoms with Crippen molar-refractivity contribution in [3.8, 4) is 0 Å². The number of carbonyl (C=O) groups is 2. The largest absolute Gasteiger partial charge is 0.472 e. The first kappa shape index (κ1) is 51.2. The molecule has 0 aromatic carbocycles. The summed E-state index contributed by atoms with van der Waals surface area (Å²) in [5.41, 5.74) is 0. The number of allylic oxidation sites excluding steroid dienone is 5. The number of aliphatic hydroxyl groups is 2. The monoisotopic (exact) mass is 773 g/mol. The zero-order valence-electron chi connectivity index (χ0n) is 33.5. The predicted molar refractivity (Wildman–Crippen MR) is 214 cm³/mol. The summed E-state index contributed by atoms with van der Waals surface area (Å²) in [6, 6.07) is 0. The molecule has 0 aliphatic rings. The Morgan fingerprint density at radius 1 is 0.604 bits per heavy atom. The number of unbranched alkanes of at least 4 members (excludes halogenated alkanes) is 22. The van der Waals surface area contributed by atoms with E-state index in [1.54, 1.807) is 12.2 Å². The lowest BCUT2D eigenvalue weighted by atomic mass is 10.1. The molecule has 310 valence electrons. The maximum absolute atomic E-state index is 12.5. The van der Waals surface area contributed by atoms with Crippen molar-refractivity contribution in [2.45, 2.75) is 193 Å². The Hall–Kier alpha value is -1.81. The van der Waals surface area contributed by atoms with E-state index in [1.165, 1.54) is 134 Å². The second-order valence-electron chi connectivity index (χ2n) is 14.1. The number of ether oxygens (including phenoxy) is 2. The summed E-state index contributed by atoms with van der Waals surface area (Å²) in [6.07, 6.45) is 39.0. The van der Waals surface area contributed by atoms with Gasteiger partial charge >= 0.3 is 19.8 Å². The van der Waals surface area contributed by atoms with Gasteiger partial charge in [-0.25, -0.2) is 9.36 Å². The first-order chi connectivity index (χ1) is 25.7. The highest BCUT2D eigenvalue weighted by Gasteiger charge is 2.27.